The first-order chi connectivity index (χ1) is 10.1. The molecule has 0 fully saturated rings. The number of benzene rings is 1. The predicted octanol–water partition coefficient (Wildman–Crippen LogP) is 3.23. The summed E-state index contributed by atoms with van der Waals surface area (Å²) in [6.45, 7) is 5.56. The van der Waals surface area contributed by atoms with Gasteiger partial charge in [0.1, 0.15) is 0 Å². The number of nitrogens with one attached hydrogen (secondary N) is 2. The summed E-state index contributed by atoms with van der Waals surface area (Å²) in [6.07, 6.45) is 2.39. The van der Waals surface area contributed by atoms with Gasteiger partial charge in [-0.1, -0.05) is 30.7 Å². The Kier molecular flexibility index (Phi) is 5.79. The average molecular weight is 308 g/mol. The minimum Gasteiger partial charge on any atom is -0.393 e. The van der Waals surface area contributed by atoms with E-state index in [1.165, 1.54) is 0 Å². The number of halogens is 1. The molecule has 4 nitrogen and oxygen atoms in total. The molecule has 114 valence electrons. The van der Waals surface area contributed by atoms with Crippen molar-refractivity contribution in [1.82, 2.24) is 15.5 Å². The number of hydrogen-bond donors (Lipinski definition) is 3. The number of aliphatic hydroxyl groups excluding tert-OH is 1. The van der Waals surface area contributed by atoms with Gasteiger partial charge in [-0.2, -0.15) is 5.10 Å². The Labute approximate surface area is 130 Å². The Hall–Kier alpha value is -1.36. The Bertz CT molecular complexity index is 568. The maximum Gasteiger partial charge on any atom is 0.0695 e. The lowest BCUT2D eigenvalue weighted by molar-refractivity contribution is 0.163. The van der Waals surface area contributed by atoms with E-state index in [4.69, 9.17) is 11.6 Å². The second-order valence-corrected chi connectivity index (χ2v) is 6.04. The summed E-state index contributed by atoms with van der Waals surface area (Å²) in [7, 11) is 0. The van der Waals surface area contributed by atoms with E-state index in [-0.39, 0.29) is 6.10 Å². The highest BCUT2D eigenvalue weighted by Gasteiger charge is 2.09. The van der Waals surface area contributed by atoms with Gasteiger partial charge in [0.15, 0.2) is 0 Å². The van der Waals surface area contributed by atoms with Crippen molar-refractivity contribution in [3.63, 3.8) is 0 Å². The van der Waals surface area contributed by atoms with Crippen LogP contribution in [0.5, 0.6) is 0 Å². The number of H-pyrrole nitrogens is 1. The van der Waals surface area contributed by atoms with E-state index >= 15 is 0 Å². The Morgan fingerprint density at radius 1 is 1.38 bits per heavy atom. The molecule has 0 aliphatic heterocycles. The zero-order valence-corrected chi connectivity index (χ0v) is 13.2. The van der Waals surface area contributed by atoms with Crippen molar-refractivity contribution in [3.05, 3.63) is 41.0 Å². The van der Waals surface area contributed by atoms with Gasteiger partial charge in [0.05, 0.1) is 18.0 Å². The molecule has 0 spiro atoms. The van der Waals surface area contributed by atoms with Crippen molar-refractivity contribution >= 4 is 11.6 Å². The molecule has 2 atom stereocenters. The maximum atomic E-state index is 9.37. The Morgan fingerprint density at radius 2 is 2.19 bits per heavy atom. The van der Waals surface area contributed by atoms with Crippen LogP contribution in [0.25, 0.3) is 11.3 Å². The summed E-state index contributed by atoms with van der Waals surface area (Å²) in [5.74, 6) is 0.437. The number of aromatic amines is 1. The summed E-state index contributed by atoms with van der Waals surface area (Å²) >= 11 is 6.03. The number of nitrogens with zero attached hydrogens (tertiary/aromatic N) is 1. The van der Waals surface area contributed by atoms with E-state index in [2.05, 4.69) is 22.4 Å². The molecule has 2 unspecified atom stereocenters. The lowest BCUT2D eigenvalue weighted by Crippen LogP contribution is -2.23. The maximum absolute atomic E-state index is 9.37. The monoisotopic (exact) mass is 307 g/mol. The smallest absolute Gasteiger partial charge is 0.0695 e. The van der Waals surface area contributed by atoms with Crippen LogP contribution in [0.15, 0.2) is 30.5 Å². The third kappa shape index (κ3) is 4.84. The molecule has 1 aromatic carbocycles. The minimum atomic E-state index is -0.252. The Morgan fingerprint density at radius 3 is 2.90 bits per heavy atom. The number of aromatic nitrogens is 2. The van der Waals surface area contributed by atoms with Gasteiger partial charge in [-0.05, 0) is 37.9 Å². The number of rotatable bonds is 7. The molecule has 3 N–H and O–H groups in total. The predicted molar refractivity (Wildman–Crippen MR) is 86.2 cm³/mol. The Balaban J connectivity index is 1.95. The van der Waals surface area contributed by atoms with Crippen molar-refractivity contribution in [2.45, 2.75) is 32.9 Å². The van der Waals surface area contributed by atoms with Crippen LogP contribution >= 0.6 is 11.6 Å². The van der Waals surface area contributed by atoms with Crippen molar-refractivity contribution < 1.29 is 5.11 Å². The highest BCUT2D eigenvalue weighted by molar-refractivity contribution is 6.30. The first kappa shape index (κ1) is 16.0. The van der Waals surface area contributed by atoms with Crippen LogP contribution in [-0.2, 0) is 6.54 Å². The second-order valence-electron chi connectivity index (χ2n) is 5.60. The van der Waals surface area contributed by atoms with Crippen molar-refractivity contribution in [2.24, 2.45) is 5.92 Å². The second kappa shape index (κ2) is 7.59. The van der Waals surface area contributed by atoms with Crippen LogP contribution in [0, 0.1) is 5.92 Å². The first-order valence-corrected chi connectivity index (χ1v) is 7.61. The minimum absolute atomic E-state index is 0.252. The average Bonchev–Trinajstić information content (AvgIpc) is 2.86. The van der Waals surface area contributed by atoms with E-state index in [0.29, 0.717) is 10.9 Å². The van der Waals surface area contributed by atoms with Gasteiger partial charge < -0.3 is 10.4 Å². The van der Waals surface area contributed by atoms with Crippen LogP contribution in [-0.4, -0.2) is 28.0 Å². The van der Waals surface area contributed by atoms with Gasteiger partial charge in [0, 0.05) is 22.7 Å². The van der Waals surface area contributed by atoms with Crippen molar-refractivity contribution in [3.8, 4) is 11.3 Å². The third-order valence-electron chi connectivity index (χ3n) is 3.38. The zero-order valence-electron chi connectivity index (χ0n) is 12.4. The molecular weight excluding hydrogens is 286 g/mol. The van der Waals surface area contributed by atoms with Crippen molar-refractivity contribution in [1.29, 1.82) is 0 Å². The van der Waals surface area contributed by atoms with Crippen LogP contribution in [0.2, 0.25) is 5.02 Å². The summed E-state index contributed by atoms with van der Waals surface area (Å²) in [6, 6.07) is 7.73. The van der Waals surface area contributed by atoms with E-state index in [1.807, 2.05) is 37.4 Å². The molecule has 21 heavy (non-hydrogen) atoms. The molecule has 0 bridgehead atoms. The fraction of sp³-hybridized carbons (Fsp3) is 0.438. The van der Waals surface area contributed by atoms with Gasteiger partial charge >= 0.3 is 0 Å². The highest BCUT2D eigenvalue weighted by atomic mass is 35.5. The molecule has 2 rings (SSSR count). The molecule has 0 amide bonds. The molecule has 1 aromatic heterocycles. The lowest BCUT2D eigenvalue weighted by Gasteiger charge is -2.14. The summed E-state index contributed by atoms with van der Waals surface area (Å²) in [5.41, 5.74) is 3.14. The van der Waals surface area contributed by atoms with Crippen LogP contribution in [0.4, 0.5) is 0 Å². The van der Waals surface area contributed by atoms with Gasteiger partial charge in [0.2, 0.25) is 0 Å². The van der Waals surface area contributed by atoms with Crippen LogP contribution < -0.4 is 5.32 Å². The molecule has 0 aliphatic rings. The van der Waals surface area contributed by atoms with Crippen LogP contribution in [0.3, 0.4) is 0 Å². The molecule has 0 aliphatic carbocycles. The van der Waals surface area contributed by atoms with Crippen molar-refractivity contribution in [2.75, 3.05) is 6.54 Å². The third-order valence-corrected chi connectivity index (χ3v) is 3.62. The molecule has 0 radical (unpaired) electrons. The summed E-state index contributed by atoms with van der Waals surface area (Å²) in [5, 5.41) is 20.7. The molecule has 1 heterocycles. The highest BCUT2D eigenvalue weighted by Crippen LogP contribution is 2.23. The normalized spacial score (nSPS) is 14.1. The molecule has 2 aromatic rings. The SMILES string of the molecule is CC(O)CC(C)CNCc1cn[nH]c1-c1cccc(Cl)c1. The molecular formula is C16H22ClN3O. The topological polar surface area (TPSA) is 60.9 Å². The zero-order chi connectivity index (χ0) is 15.2. The fourth-order valence-electron chi connectivity index (χ4n) is 2.46. The van der Waals surface area contributed by atoms with Gasteiger partial charge in [-0.15, -0.1) is 0 Å². The van der Waals surface area contributed by atoms with Gasteiger partial charge in [-0.3, -0.25) is 5.10 Å². The molecule has 0 saturated heterocycles. The number of hydrogen-bond acceptors (Lipinski definition) is 3. The standard InChI is InChI=1S/C16H22ClN3O/c1-11(6-12(2)21)8-18-9-14-10-19-20-16(14)13-4-3-5-15(17)7-13/h3-5,7,10-12,18,21H,6,8-9H2,1-2H3,(H,19,20). The summed E-state index contributed by atoms with van der Waals surface area (Å²) < 4.78 is 0. The van der Waals surface area contributed by atoms with Gasteiger partial charge in [0.25, 0.3) is 0 Å². The van der Waals surface area contributed by atoms with E-state index in [1.54, 1.807) is 0 Å². The number of aliphatic hydroxyl groups is 1. The van der Waals surface area contributed by atoms with E-state index in [9.17, 15) is 5.11 Å². The van der Waals surface area contributed by atoms with Gasteiger partial charge in [-0.25, -0.2) is 0 Å². The quantitative estimate of drug-likeness (QED) is 0.736. The molecule has 5 heteroatoms. The largest absolute Gasteiger partial charge is 0.393 e. The first-order valence-electron chi connectivity index (χ1n) is 7.23. The fourth-order valence-corrected chi connectivity index (χ4v) is 2.65. The van der Waals surface area contributed by atoms with E-state index in [0.717, 1.165) is 36.3 Å². The summed E-state index contributed by atoms with van der Waals surface area (Å²) in [4.78, 5) is 0. The van der Waals surface area contributed by atoms with Crippen LogP contribution in [0.1, 0.15) is 25.8 Å². The molecule has 0 saturated carbocycles. The van der Waals surface area contributed by atoms with E-state index < -0.39 is 0 Å². The lowest BCUT2D eigenvalue weighted by atomic mass is 10.0.